The summed E-state index contributed by atoms with van der Waals surface area (Å²) in [7, 11) is 3.24. The Morgan fingerprint density at radius 2 is 2.00 bits per heavy atom. The van der Waals surface area contributed by atoms with Crippen LogP contribution in [0.1, 0.15) is 31.0 Å². The Morgan fingerprint density at radius 3 is 2.61 bits per heavy atom. The van der Waals surface area contributed by atoms with Crippen molar-refractivity contribution < 1.29 is 14.3 Å². The number of carbonyl (C=O) groups excluding carboxylic acids is 1. The number of hydrogen-bond donors (Lipinski definition) is 3. The van der Waals surface area contributed by atoms with E-state index in [2.05, 4.69) is 27.4 Å². The molecule has 1 aromatic rings. The molecule has 0 radical (unpaired) electrons. The predicted molar refractivity (Wildman–Crippen MR) is 115 cm³/mol. The number of amides is 2. The van der Waals surface area contributed by atoms with Crippen LogP contribution in [0.25, 0.3) is 0 Å². The summed E-state index contributed by atoms with van der Waals surface area (Å²) < 4.78 is 10.9. The highest BCUT2D eigenvalue weighted by Crippen LogP contribution is 2.38. The van der Waals surface area contributed by atoms with Crippen molar-refractivity contribution in [1.82, 2.24) is 20.9 Å². The zero-order valence-electron chi connectivity index (χ0n) is 17.0. The Labute approximate surface area is 172 Å². The number of thiocarbonyl (C=S) groups is 1. The zero-order chi connectivity index (χ0) is 20.7. The van der Waals surface area contributed by atoms with Crippen LogP contribution in [0.15, 0.2) is 24.8 Å². The maximum atomic E-state index is 12.1. The number of rotatable bonds is 7. The number of fused-ring (bicyclic) bond motifs is 1. The maximum Gasteiger partial charge on any atom is 0.315 e. The van der Waals surface area contributed by atoms with Crippen LogP contribution in [0, 0.1) is 0 Å². The molecule has 1 aliphatic rings. The molecule has 0 fully saturated rings. The van der Waals surface area contributed by atoms with Gasteiger partial charge in [-0.1, -0.05) is 6.08 Å². The Bertz CT molecular complexity index is 724. The van der Waals surface area contributed by atoms with E-state index in [1.54, 1.807) is 20.3 Å². The molecule has 0 saturated heterocycles. The van der Waals surface area contributed by atoms with Gasteiger partial charge < -0.3 is 30.3 Å². The number of ether oxygens (including phenoxy) is 2. The molecule has 0 aliphatic carbocycles. The van der Waals surface area contributed by atoms with Crippen molar-refractivity contribution in [2.45, 2.75) is 32.4 Å². The number of hydrogen-bond acceptors (Lipinski definition) is 4. The van der Waals surface area contributed by atoms with Gasteiger partial charge in [0.15, 0.2) is 16.6 Å². The first-order valence-electron chi connectivity index (χ1n) is 9.35. The Kier molecular flexibility index (Phi) is 7.92. The number of urea groups is 1. The van der Waals surface area contributed by atoms with E-state index < -0.39 is 0 Å². The first-order chi connectivity index (χ1) is 13.4. The summed E-state index contributed by atoms with van der Waals surface area (Å²) in [5, 5.41) is 9.64. The van der Waals surface area contributed by atoms with E-state index in [9.17, 15) is 4.79 Å². The van der Waals surface area contributed by atoms with Crippen molar-refractivity contribution in [3.8, 4) is 11.5 Å². The fraction of sp³-hybridized carbons (Fsp3) is 0.500. The Hall–Kier alpha value is -2.48. The highest BCUT2D eigenvalue weighted by atomic mass is 32.1. The number of carbonyl (C=O) groups is 1. The highest BCUT2D eigenvalue weighted by molar-refractivity contribution is 7.80. The minimum absolute atomic E-state index is 0.0643. The SMILES string of the molecule is C=CCNC(=S)N1CCc2cc(OC)c(OC)cc2[C@@H]1CNC(=O)NC(C)C. The second-order valence-electron chi connectivity index (χ2n) is 6.85. The average molecular weight is 407 g/mol. The maximum absolute atomic E-state index is 12.1. The number of methoxy groups -OCH3 is 2. The third kappa shape index (κ3) is 5.28. The summed E-state index contributed by atoms with van der Waals surface area (Å²) in [6, 6.07) is 3.73. The molecular formula is C20H30N4O3S. The fourth-order valence-corrected chi connectivity index (χ4v) is 3.56. The molecule has 0 aromatic heterocycles. The minimum Gasteiger partial charge on any atom is -0.493 e. The standard InChI is InChI=1S/C20H30N4O3S/c1-6-8-21-20(28)24-9-7-14-10-17(26-4)18(27-5)11-15(14)16(24)12-22-19(25)23-13(2)3/h6,10-11,13,16H,1,7-9,12H2,2-5H3,(H,21,28)(H2,22,23,25)/t16-/m0/s1. The van der Waals surface area contributed by atoms with Crippen LogP contribution in [-0.4, -0.2) is 55.9 Å². The minimum atomic E-state index is -0.201. The van der Waals surface area contributed by atoms with Gasteiger partial charge in [-0.25, -0.2) is 4.79 Å². The Morgan fingerprint density at radius 1 is 1.32 bits per heavy atom. The lowest BCUT2D eigenvalue weighted by Gasteiger charge is -2.39. The van der Waals surface area contributed by atoms with Gasteiger partial charge in [-0.05, 0) is 55.7 Å². The fourth-order valence-electron chi connectivity index (χ4n) is 3.25. The average Bonchev–Trinajstić information content (AvgIpc) is 2.68. The normalized spacial score (nSPS) is 15.5. The highest BCUT2D eigenvalue weighted by Gasteiger charge is 2.31. The van der Waals surface area contributed by atoms with Crippen molar-refractivity contribution in [1.29, 1.82) is 0 Å². The predicted octanol–water partition coefficient (Wildman–Crippen LogP) is 2.37. The number of benzene rings is 1. The topological polar surface area (TPSA) is 74.9 Å². The summed E-state index contributed by atoms with van der Waals surface area (Å²) in [4.78, 5) is 14.2. The van der Waals surface area contributed by atoms with Gasteiger partial charge in [0, 0.05) is 25.7 Å². The van der Waals surface area contributed by atoms with Crippen molar-refractivity contribution in [2.75, 3.05) is 33.9 Å². The van der Waals surface area contributed by atoms with E-state index in [1.165, 1.54) is 0 Å². The monoisotopic (exact) mass is 406 g/mol. The van der Waals surface area contributed by atoms with E-state index in [0.717, 1.165) is 24.1 Å². The first kappa shape index (κ1) is 21.8. The summed E-state index contributed by atoms with van der Waals surface area (Å²) in [6.45, 7) is 9.31. The molecule has 3 N–H and O–H groups in total. The third-order valence-corrected chi connectivity index (χ3v) is 4.92. The van der Waals surface area contributed by atoms with Gasteiger partial charge in [0.2, 0.25) is 0 Å². The molecule has 0 spiro atoms. The Balaban J connectivity index is 2.32. The van der Waals surface area contributed by atoms with E-state index in [1.807, 2.05) is 26.0 Å². The van der Waals surface area contributed by atoms with Gasteiger partial charge in [0.25, 0.3) is 0 Å². The van der Waals surface area contributed by atoms with E-state index in [0.29, 0.717) is 29.7 Å². The quantitative estimate of drug-likeness (QED) is 0.477. The van der Waals surface area contributed by atoms with Crippen molar-refractivity contribution in [3.63, 3.8) is 0 Å². The smallest absolute Gasteiger partial charge is 0.315 e. The van der Waals surface area contributed by atoms with Gasteiger partial charge >= 0.3 is 6.03 Å². The van der Waals surface area contributed by atoms with Crippen LogP contribution in [0.2, 0.25) is 0 Å². The molecule has 0 bridgehead atoms. The summed E-state index contributed by atoms with van der Waals surface area (Å²) >= 11 is 5.59. The second-order valence-corrected chi connectivity index (χ2v) is 7.24. The summed E-state index contributed by atoms with van der Waals surface area (Å²) in [6.07, 6.45) is 2.59. The zero-order valence-corrected chi connectivity index (χ0v) is 17.8. The molecule has 2 amide bonds. The molecule has 1 aliphatic heterocycles. The summed E-state index contributed by atoms with van der Waals surface area (Å²) in [5.41, 5.74) is 2.23. The molecular weight excluding hydrogens is 376 g/mol. The molecule has 0 saturated carbocycles. The molecule has 0 unspecified atom stereocenters. The molecule has 1 heterocycles. The van der Waals surface area contributed by atoms with Crippen LogP contribution in [0.3, 0.4) is 0 Å². The molecule has 7 nitrogen and oxygen atoms in total. The number of nitrogens with zero attached hydrogens (tertiary/aromatic N) is 1. The van der Waals surface area contributed by atoms with Gasteiger partial charge in [0.1, 0.15) is 0 Å². The van der Waals surface area contributed by atoms with E-state index in [4.69, 9.17) is 21.7 Å². The lowest BCUT2D eigenvalue weighted by atomic mass is 9.92. The van der Waals surface area contributed by atoms with Gasteiger partial charge in [-0.15, -0.1) is 6.58 Å². The molecule has 1 atom stereocenters. The summed E-state index contributed by atoms with van der Waals surface area (Å²) in [5.74, 6) is 1.36. The van der Waals surface area contributed by atoms with Crippen LogP contribution < -0.4 is 25.4 Å². The van der Waals surface area contributed by atoms with Crippen LogP contribution in [0.4, 0.5) is 4.79 Å². The lowest BCUT2D eigenvalue weighted by molar-refractivity contribution is 0.230. The first-order valence-corrected chi connectivity index (χ1v) is 9.76. The largest absolute Gasteiger partial charge is 0.493 e. The molecule has 2 rings (SSSR count). The van der Waals surface area contributed by atoms with Crippen LogP contribution in [-0.2, 0) is 6.42 Å². The van der Waals surface area contributed by atoms with Crippen LogP contribution >= 0.6 is 12.2 Å². The van der Waals surface area contributed by atoms with Crippen molar-refractivity contribution >= 4 is 23.4 Å². The van der Waals surface area contributed by atoms with Gasteiger partial charge in [0.05, 0.1) is 20.3 Å². The van der Waals surface area contributed by atoms with Crippen LogP contribution in [0.5, 0.6) is 11.5 Å². The second kappa shape index (κ2) is 10.2. The molecule has 154 valence electrons. The van der Waals surface area contributed by atoms with Crippen molar-refractivity contribution in [2.24, 2.45) is 0 Å². The molecule has 28 heavy (non-hydrogen) atoms. The molecule has 1 aromatic carbocycles. The van der Waals surface area contributed by atoms with Crippen molar-refractivity contribution in [3.05, 3.63) is 35.9 Å². The number of nitrogens with one attached hydrogen (secondary N) is 3. The third-order valence-electron chi connectivity index (χ3n) is 4.54. The van der Waals surface area contributed by atoms with Gasteiger partial charge in [-0.2, -0.15) is 0 Å². The lowest BCUT2D eigenvalue weighted by Crippen LogP contribution is -2.50. The van der Waals surface area contributed by atoms with Gasteiger partial charge in [-0.3, -0.25) is 0 Å². The molecule has 8 heteroatoms. The van der Waals surface area contributed by atoms with E-state index >= 15 is 0 Å². The van der Waals surface area contributed by atoms with E-state index in [-0.39, 0.29) is 18.1 Å².